The maximum atomic E-state index is 12.3. The van der Waals surface area contributed by atoms with Gasteiger partial charge in [0.15, 0.2) is 0 Å². The van der Waals surface area contributed by atoms with E-state index in [1.165, 1.54) is 14.2 Å². The highest BCUT2D eigenvalue weighted by molar-refractivity contribution is 6.42. The smallest absolute Gasteiger partial charge is 0.255 e. The summed E-state index contributed by atoms with van der Waals surface area (Å²) in [4.78, 5) is 12.3. The standard InChI is InChI=1S/C18H19Cl2NO5/c1-24-12-6-7-15(25-2)13(8-12)18(23)21-9-11(22)10-26-16-5-3-4-14(19)17(16)20/h3-8,11,22H,9-10H2,1-2H3,(H,21,23). The van der Waals surface area contributed by atoms with Gasteiger partial charge >= 0.3 is 0 Å². The van der Waals surface area contributed by atoms with E-state index in [-0.39, 0.29) is 18.2 Å². The summed E-state index contributed by atoms with van der Waals surface area (Å²) in [6.45, 7) is -0.0764. The van der Waals surface area contributed by atoms with Crippen molar-refractivity contribution in [3.05, 3.63) is 52.0 Å². The minimum Gasteiger partial charge on any atom is -0.497 e. The van der Waals surface area contributed by atoms with Crippen molar-refractivity contribution in [2.75, 3.05) is 27.4 Å². The number of carbonyl (C=O) groups is 1. The number of amides is 1. The molecular formula is C18H19Cl2NO5. The Bertz CT molecular complexity index is 769. The number of benzene rings is 2. The zero-order valence-electron chi connectivity index (χ0n) is 14.3. The molecule has 0 heterocycles. The van der Waals surface area contributed by atoms with Gasteiger partial charge in [0.05, 0.1) is 24.8 Å². The quantitative estimate of drug-likeness (QED) is 0.712. The van der Waals surface area contributed by atoms with E-state index in [0.29, 0.717) is 27.8 Å². The van der Waals surface area contributed by atoms with Gasteiger partial charge in [0.25, 0.3) is 5.91 Å². The largest absolute Gasteiger partial charge is 0.497 e. The first kappa shape index (κ1) is 20.2. The van der Waals surface area contributed by atoms with Crippen LogP contribution in [0.25, 0.3) is 0 Å². The van der Waals surface area contributed by atoms with Crippen molar-refractivity contribution in [2.45, 2.75) is 6.10 Å². The van der Waals surface area contributed by atoms with E-state index in [1.807, 2.05) is 0 Å². The van der Waals surface area contributed by atoms with E-state index in [4.69, 9.17) is 37.4 Å². The molecule has 6 nitrogen and oxygen atoms in total. The topological polar surface area (TPSA) is 77.0 Å². The summed E-state index contributed by atoms with van der Waals surface area (Å²) in [6, 6.07) is 9.84. The molecule has 26 heavy (non-hydrogen) atoms. The Labute approximate surface area is 161 Å². The number of aliphatic hydroxyl groups is 1. The van der Waals surface area contributed by atoms with Crippen LogP contribution in [0.2, 0.25) is 10.0 Å². The fraction of sp³-hybridized carbons (Fsp3) is 0.278. The van der Waals surface area contributed by atoms with Gasteiger partial charge in [-0.2, -0.15) is 0 Å². The molecule has 1 amide bonds. The van der Waals surface area contributed by atoms with Gasteiger partial charge in [0.2, 0.25) is 0 Å². The number of aliphatic hydroxyl groups excluding tert-OH is 1. The zero-order valence-corrected chi connectivity index (χ0v) is 15.8. The molecule has 0 saturated heterocycles. The molecule has 0 aliphatic carbocycles. The molecule has 1 unspecified atom stereocenters. The van der Waals surface area contributed by atoms with Crippen LogP contribution >= 0.6 is 23.2 Å². The van der Waals surface area contributed by atoms with Crippen LogP contribution in [0.4, 0.5) is 0 Å². The molecule has 2 rings (SSSR count). The summed E-state index contributed by atoms with van der Waals surface area (Å²) in [5, 5.41) is 13.3. The molecule has 0 bridgehead atoms. The molecule has 8 heteroatoms. The van der Waals surface area contributed by atoms with Crippen molar-refractivity contribution in [3.8, 4) is 17.2 Å². The van der Waals surface area contributed by atoms with E-state index in [9.17, 15) is 9.90 Å². The van der Waals surface area contributed by atoms with Crippen LogP contribution in [-0.4, -0.2) is 44.5 Å². The lowest BCUT2D eigenvalue weighted by Gasteiger charge is -2.15. The average molecular weight is 400 g/mol. The molecule has 0 radical (unpaired) electrons. The van der Waals surface area contributed by atoms with Gasteiger partial charge in [-0.05, 0) is 30.3 Å². The van der Waals surface area contributed by atoms with Crippen molar-refractivity contribution in [3.63, 3.8) is 0 Å². The van der Waals surface area contributed by atoms with Crippen molar-refractivity contribution < 1.29 is 24.1 Å². The first-order valence-electron chi connectivity index (χ1n) is 7.71. The molecule has 140 valence electrons. The predicted molar refractivity (Wildman–Crippen MR) is 99.8 cm³/mol. The predicted octanol–water partition coefficient (Wildman–Crippen LogP) is 3.18. The summed E-state index contributed by atoms with van der Waals surface area (Å²) in [5.74, 6) is 0.884. The van der Waals surface area contributed by atoms with Crippen LogP contribution in [-0.2, 0) is 0 Å². The van der Waals surface area contributed by atoms with Gasteiger partial charge in [-0.25, -0.2) is 0 Å². The van der Waals surface area contributed by atoms with Gasteiger partial charge in [-0.3, -0.25) is 4.79 Å². The zero-order chi connectivity index (χ0) is 19.1. The van der Waals surface area contributed by atoms with Crippen LogP contribution in [0.3, 0.4) is 0 Å². The summed E-state index contributed by atoms with van der Waals surface area (Å²) >= 11 is 11.9. The Kier molecular flexibility index (Phi) is 7.38. The molecule has 0 spiro atoms. The van der Waals surface area contributed by atoms with Gasteiger partial charge in [-0.15, -0.1) is 0 Å². The third-order valence-corrected chi connectivity index (χ3v) is 4.30. The molecule has 0 fully saturated rings. The van der Waals surface area contributed by atoms with E-state index in [1.54, 1.807) is 36.4 Å². The van der Waals surface area contributed by atoms with Crippen molar-refractivity contribution in [1.29, 1.82) is 0 Å². The summed E-state index contributed by atoms with van der Waals surface area (Å²) < 4.78 is 15.7. The normalized spacial score (nSPS) is 11.6. The number of hydrogen-bond acceptors (Lipinski definition) is 5. The van der Waals surface area contributed by atoms with Crippen molar-refractivity contribution in [1.82, 2.24) is 5.32 Å². The number of halogens is 2. The third kappa shape index (κ3) is 5.17. The Hall–Kier alpha value is -2.15. The maximum Gasteiger partial charge on any atom is 0.255 e. The molecule has 2 N–H and O–H groups in total. The number of nitrogens with one attached hydrogen (secondary N) is 1. The van der Waals surface area contributed by atoms with E-state index >= 15 is 0 Å². The number of hydrogen-bond donors (Lipinski definition) is 2. The Morgan fingerprint density at radius 3 is 2.62 bits per heavy atom. The second-order valence-electron chi connectivity index (χ2n) is 5.29. The molecular weight excluding hydrogens is 381 g/mol. The van der Waals surface area contributed by atoms with Crippen LogP contribution in [0.1, 0.15) is 10.4 Å². The monoisotopic (exact) mass is 399 g/mol. The summed E-state index contributed by atoms with van der Waals surface area (Å²) in [5.41, 5.74) is 0.304. The Morgan fingerprint density at radius 1 is 1.15 bits per heavy atom. The number of methoxy groups -OCH3 is 2. The summed E-state index contributed by atoms with van der Waals surface area (Å²) in [6.07, 6.45) is -0.939. The van der Waals surface area contributed by atoms with Crippen LogP contribution < -0.4 is 19.5 Å². The number of carbonyl (C=O) groups excluding carboxylic acids is 1. The second kappa shape index (κ2) is 9.52. The number of rotatable bonds is 8. The van der Waals surface area contributed by atoms with Crippen LogP contribution in [0, 0.1) is 0 Å². The highest BCUT2D eigenvalue weighted by Gasteiger charge is 2.16. The first-order chi connectivity index (χ1) is 12.5. The van der Waals surface area contributed by atoms with Gasteiger partial charge in [0, 0.05) is 6.54 Å². The minimum atomic E-state index is -0.939. The van der Waals surface area contributed by atoms with Gasteiger partial charge in [-0.1, -0.05) is 29.3 Å². The summed E-state index contributed by atoms with van der Waals surface area (Å²) in [7, 11) is 2.97. The average Bonchev–Trinajstić information content (AvgIpc) is 2.66. The molecule has 0 saturated carbocycles. The minimum absolute atomic E-state index is 0.0165. The Morgan fingerprint density at radius 2 is 1.92 bits per heavy atom. The Balaban J connectivity index is 1.91. The van der Waals surface area contributed by atoms with E-state index in [0.717, 1.165) is 0 Å². The molecule has 1 atom stereocenters. The third-order valence-electron chi connectivity index (χ3n) is 3.50. The SMILES string of the molecule is COc1ccc(OC)c(C(=O)NCC(O)COc2cccc(Cl)c2Cl)c1. The van der Waals surface area contributed by atoms with Crippen LogP contribution in [0.15, 0.2) is 36.4 Å². The highest BCUT2D eigenvalue weighted by Crippen LogP contribution is 2.31. The lowest BCUT2D eigenvalue weighted by Crippen LogP contribution is -2.35. The first-order valence-corrected chi connectivity index (χ1v) is 8.47. The van der Waals surface area contributed by atoms with Crippen LogP contribution in [0.5, 0.6) is 17.2 Å². The number of ether oxygens (including phenoxy) is 3. The molecule has 0 aliphatic heterocycles. The molecule has 2 aromatic carbocycles. The lowest BCUT2D eigenvalue weighted by atomic mass is 10.1. The lowest BCUT2D eigenvalue weighted by molar-refractivity contribution is 0.0841. The van der Waals surface area contributed by atoms with E-state index in [2.05, 4.69) is 5.32 Å². The molecule has 0 aromatic heterocycles. The van der Waals surface area contributed by atoms with Gasteiger partial charge in [0.1, 0.15) is 35.0 Å². The maximum absolute atomic E-state index is 12.3. The molecule has 0 aliphatic rings. The van der Waals surface area contributed by atoms with E-state index < -0.39 is 12.0 Å². The van der Waals surface area contributed by atoms with Crippen molar-refractivity contribution >= 4 is 29.1 Å². The highest BCUT2D eigenvalue weighted by atomic mass is 35.5. The second-order valence-corrected chi connectivity index (χ2v) is 6.08. The fourth-order valence-electron chi connectivity index (χ4n) is 2.14. The van der Waals surface area contributed by atoms with Crippen molar-refractivity contribution in [2.24, 2.45) is 0 Å². The molecule has 2 aromatic rings. The van der Waals surface area contributed by atoms with Gasteiger partial charge < -0.3 is 24.6 Å². The fourth-order valence-corrected chi connectivity index (χ4v) is 2.48.